The SMILES string of the molecule is Nc1nc(=O)[nH]cc1C(=O)O.O=C(O)CCc1nc2ccccc2[nH]1. The Kier molecular flexibility index (Phi) is 5.46. The number of carbonyl (C=O) groups is 2. The molecular weight excluding hydrogens is 330 g/mol. The quantitative estimate of drug-likeness (QED) is 0.457. The number of rotatable bonds is 4. The molecule has 3 rings (SSSR count). The molecule has 0 bridgehead atoms. The molecule has 0 aliphatic carbocycles. The molecule has 0 radical (unpaired) electrons. The summed E-state index contributed by atoms with van der Waals surface area (Å²) < 4.78 is 0. The van der Waals surface area contributed by atoms with Crippen molar-refractivity contribution < 1.29 is 19.8 Å². The van der Waals surface area contributed by atoms with Gasteiger partial charge in [0.25, 0.3) is 0 Å². The van der Waals surface area contributed by atoms with Crippen LogP contribution in [0.2, 0.25) is 0 Å². The Morgan fingerprint density at radius 2 is 1.88 bits per heavy atom. The molecule has 0 atom stereocenters. The van der Waals surface area contributed by atoms with Gasteiger partial charge in [-0.15, -0.1) is 0 Å². The number of H-pyrrole nitrogens is 2. The fourth-order valence-electron chi connectivity index (χ4n) is 1.93. The van der Waals surface area contributed by atoms with E-state index >= 15 is 0 Å². The molecule has 0 aliphatic heterocycles. The van der Waals surface area contributed by atoms with Gasteiger partial charge >= 0.3 is 17.6 Å². The molecule has 1 aromatic carbocycles. The number of hydrogen-bond acceptors (Lipinski definition) is 6. The number of carboxylic acids is 2. The van der Waals surface area contributed by atoms with Crippen molar-refractivity contribution in [3.05, 3.63) is 52.3 Å². The number of aromatic carboxylic acids is 1. The maximum atomic E-state index is 10.4. The molecule has 2 aromatic heterocycles. The second kappa shape index (κ2) is 7.73. The molecule has 10 nitrogen and oxygen atoms in total. The number of aromatic nitrogens is 4. The van der Waals surface area contributed by atoms with Crippen molar-refractivity contribution in [3.8, 4) is 0 Å². The van der Waals surface area contributed by atoms with Gasteiger partial charge in [-0.25, -0.2) is 14.6 Å². The molecule has 0 spiro atoms. The molecule has 6 N–H and O–H groups in total. The van der Waals surface area contributed by atoms with Crippen LogP contribution in [0, 0.1) is 0 Å². The molecule has 130 valence electrons. The number of aliphatic carboxylic acids is 1. The summed E-state index contributed by atoms with van der Waals surface area (Å²) in [6.45, 7) is 0. The van der Waals surface area contributed by atoms with Gasteiger partial charge in [-0.1, -0.05) is 12.1 Å². The highest BCUT2D eigenvalue weighted by Crippen LogP contribution is 2.11. The summed E-state index contributed by atoms with van der Waals surface area (Å²) in [7, 11) is 0. The number of nitrogens with two attached hydrogens (primary N) is 1. The normalized spacial score (nSPS) is 10.1. The van der Waals surface area contributed by atoms with Crippen molar-refractivity contribution >= 4 is 28.8 Å². The fraction of sp³-hybridized carbons (Fsp3) is 0.133. The van der Waals surface area contributed by atoms with E-state index in [0.717, 1.165) is 23.1 Å². The Morgan fingerprint density at radius 3 is 2.48 bits per heavy atom. The first-order valence-electron chi connectivity index (χ1n) is 7.10. The third-order valence-corrected chi connectivity index (χ3v) is 3.08. The first-order chi connectivity index (χ1) is 11.9. The fourth-order valence-corrected chi connectivity index (χ4v) is 1.93. The molecular formula is C15H15N5O5. The van der Waals surface area contributed by atoms with Crippen LogP contribution in [0.1, 0.15) is 22.6 Å². The van der Waals surface area contributed by atoms with Gasteiger partial charge in [0.2, 0.25) is 0 Å². The van der Waals surface area contributed by atoms with E-state index in [1.165, 1.54) is 0 Å². The number of benzene rings is 1. The summed E-state index contributed by atoms with van der Waals surface area (Å²) in [5.41, 5.74) is 6.08. The van der Waals surface area contributed by atoms with E-state index in [1.807, 2.05) is 24.3 Å². The Labute approximate surface area is 140 Å². The smallest absolute Gasteiger partial charge is 0.346 e. The summed E-state index contributed by atoms with van der Waals surface area (Å²) in [5, 5.41) is 16.9. The number of aryl methyl sites for hydroxylation is 1. The average molecular weight is 345 g/mol. The first-order valence-corrected chi connectivity index (χ1v) is 7.10. The molecule has 0 unspecified atom stereocenters. The van der Waals surface area contributed by atoms with E-state index < -0.39 is 17.6 Å². The number of aromatic amines is 2. The van der Waals surface area contributed by atoms with Crippen molar-refractivity contribution in [2.24, 2.45) is 0 Å². The van der Waals surface area contributed by atoms with Crippen molar-refractivity contribution in [2.45, 2.75) is 12.8 Å². The summed E-state index contributed by atoms with van der Waals surface area (Å²) in [5.74, 6) is -1.56. The molecule has 3 aromatic rings. The van der Waals surface area contributed by atoms with Crippen LogP contribution in [0.15, 0.2) is 35.3 Å². The number of anilines is 1. The van der Waals surface area contributed by atoms with E-state index in [0.29, 0.717) is 6.42 Å². The van der Waals surface area contributed by atoms with Gasteiger partial charge in [0.15, 0.2) is 0 Å². The van der Waals surface area contributed by atoms with Crippen molar-refractivity contribution in [2.75, 3.05) is 5.73 Å². The van der Waals surface area contributed by atoms with Crippen LogP contribution in [-0.4, -0.2) is 42.1 Å². The minimum atomic E-state index is -1.22. The van der Waals surface area contributed by atoms with Gasteiger partial charge in [-0.2, -0.15) is 4.98 Å². The Balaban J connectivity index is 0.000000186. The zero-order valence-corrected chi connectivity index (χ0v) is 12.9. The van der Waals surface area contributed by atoms with Crippen molar-refractivity contribution in [3.63, 3.8) is 0 Å². The minimum absolute atomic E-state index is 0.111. The van der Waals surface area contributed by atoms with Crippen LogP contribution < -0.4 is 11.4 Å². The van der Waals surface area contributed by atoms with Gasteiger partial charge in [-0.05, 0) is 12.1 Å². The van der Waals surface area contributed by atoms with E-state index in [1.54, 1.807) is 0 Å². The number of nitrogens with zero attached hydrogens (tertiary/aromatic N) is 2. The summed E-state index contributed by atoms with van der Waals surface area (Å²) in [6.07, 6.45) is 1.57. The zero-order chi connectivity index (χ0) is 18.4. The lowest BCUT2D eigenvalue weighted by Crippen LogP contribution is -2.16. The standard InChI is InChI=1S/C10H10N2O2.C5H5N3O3/c13-10(14)6-5-9-11-7-3-1-2-4-8(7)12-9;6-3-2(4(9)10)1-7-5(11)8-3/h1-4H,5-6H2,(H,11,12)(H,13,14);1H,(H,9,10)(H3,6,7,8,11). The van der Waals surface area contributed by atoms with Crippen LogP contribution in [0.4, 0.5) is 5.82 Å². The second-order valence-corrected chi connectivity index (χ2v) is 4.90. The largest absolute Gasteiger partial charge is 0.481 e. The Morgan fingerprint density at radius 1 is 1.16 bits per heavy atom. The number of hydrogen-bond donors (Lipinski definition) is 5. The molecule has 25 heavy (non-hydrogen) atoms. The van der Waals surface area contributed by atoms with Crippen LogP contribution in [0.3, 0.4) is 0 Å². The lowest BCUT2D eigenvalue weighted by molar-refractivity contribution is -0.137. The summed E-state index contributed by atoms with van der Waals surface area (Å²) >= 11 is 0. The number of nitrogens with one attached hydrogen (secondary N) is 2. The summed E-state index contributed by atoms with van der Waals surface area (Å²) in [6, 6.07) is 7.65. The summed E-state index contributed by atoms with van der Waals surface area (Å²) in [4.78, 5) is 43.7. The lowest BCUT2D eigenvalue weighted by atomic mass is 10.3. The maximum Gasteiger partial charge on any atom is 0.346 e. The molecule has 2 heterocycles. The van der Waals surface area contributed by atoms with Crippen LogP contribution in [0.5, 0.6) is 0 Å². The number of para-hydroxylation sites is 2. The van der Waals surface area contributed by atoms with Crippen molar-refractivity contribution in [1.29, 1.82) is 0 Å². The number of carboxylic acid groups (broad SMARTS) is 2. The third-order valence-electron chi connectivity index (χ3n) is 3.08. The van der Waals surface area contributed by atoms with Crippen molar-refractivity contribution in [1.82, 2.24) is 19.9 Å². The van der Waals surface area contributed by atoms with Gasteiger partial charge < -0.3 is 25.9 Å². The van der Waals surface area contributed by atoms with E-state index in [9.17, 15) is 14.4 Å². The molecule has 0 aliphatic rings. The number of nitrogen functional groups attached to an aromatic ring is 1. The van der Waals surface area contributed by atoms with E-state index in [2.05, 4.69) is 19.9 Å². The molecule has 0 amide bonds. The predicted molar refractivity (Wildman–Crippen MR) is 88.3 cm³/mol. The third kappa shape index (κ3) is 4.89. The van der Waals surface area contributed by atoms with Gasteiger partial charge in [0.1, 0.15) is 17.2 Å². The predicted octanol–water partition coefficient (Wildman–Crippen LogP) is 0.630. The number of imidazole rings is 1. The molecule has 0 saturated heterocycles. The van der Waals surface area contributed by atoms with Crippen LogP contribution >= 0.6 is 0 Å². The Hall–Kier alpha value is -3.69. The minimum Gasteiger partial charge on any atom is -0.481 e. The number of fused-ring (bicyclic) bond motifs is 1. The highest BCUT2D eigenvalue weighted by atomic mass is 16.4. The highest BCUT2D eigenvalue weighted by Gasteiger charge is 2.08. The lowest BCUT2D eigenvalue weighted by Gasteiger charge is -1.94. The molecule has 10 heteroatoms. The van der Waals surface area contributed by atoms with Crippen LogP contribution in [-0.2, 0) is 11.2 Å². The monoisotopic (exact) mass is 345 g/mol. The van der Waals surface area contributed by atoms with E-state index in [-0.39, 0.29) is 17.8 Å². The van der Waals surface area contributed by atoms with Gasteiger partial charge in [-0.3, -0.25) is 4.79 Å². The Bertz CT molecular complexity index is 929. The second-order valence-electron chi connectivity index (χ2n) is 4.90. The zero-order valence-electron chi connectivity index (χ0n) is 12.9. The van der Waals surface area contributed by atoms with E-state index in [4.69, 9.17) is 15.9 Å². The first kappa shape index (κ1) is 17.7. The highest BCUT2D eigenvalue weighted by molar-refractivity contribution is 5.91. The average Bonchev–Trinajstić information content (AvgIpc) is 2.96. The van der Waals surface area contributed by atoms with Crippen LogP contribution in [0.25, 0.3) is 11.0 Å². The van der Waals surface area contributed by atoms with Gasteiger partial charge in [0.05, 0.1) is 17.5 Å². The molecule has 0 fully saturated rings. The topological polar surface area (TPSA) is 175 Å². The molecule has 0 saturated carbocycles. The maximum absolute atomic E-state index is 10.4. The van der Waals surface area contributed by atoms with Gasteiger partial charge in [0, 0.05) is 12.6 Å².